The first kappa shape index (κ1) is 19.2. The van der Waals surface area contributed by atoms with Gasteiger partial charge in [0.25, 0.3) is 5.91 Å². The van der Waals surface area contributed by atoms with E-state index in [1.807, 2.05) is 0 Å². The molecule has 4 aliphatic rings. The summed E-state index contributed by atoms with van der Waals surface area (Å²) in [6.07, 6.45) is 9.58. The molecule has 4 aliphatic carbocycles. The third-order valence-electron chi connectivity index (χ3n) is 7.40. The molecule has 5 nitrogen and oxygen atoms in total. The maximum absolute atomic E-state index is 12.3. The molecular formula is C25H28N2O3. The molecule has 4 fully saturated rings. The normalized spacial score (nSPS) is 29.3. The van der Waals surface area contributed by atoms with Gasteiger partial charge in [0.15, 0.2) is 0 Å². The first-order valence-corrected chi connectivity index (χ1v) is 10.9. The van der Waals surface area contributed by atoms with Crippen molar-refractivity contribution in [3.8, 4) is 11.5 Å². The van der Waals surface area contributed by atoms with Crippen molar-refractivity contribution in [1.29, 1.82) is 0 Å². The maximum atomic E-state index is 12.3. The number of nitrogens with one attached hydrogen (secondary N) is 1. The molecule has 1 amide bonds. The predicted octanol–water partition coefficient (Wildman–Crippen LogP) is 4.63. The fourth-order valence-electron chi connectivity index (χ4n) is 6.42. The van der Waals surface area contributed by atoms with Crippen LogP contribution in [0, 0.1) is 17.8 Å². The fourth-order valence-corrected chi connectivity index (χ4v) is 6.42. The third-order valence-corrected chi connectivity index (χ3v) is 7.40. The Balaban J connectivity index is 1.32. The number of methoxy groups -OCH3 is 1. The number of ether oxygens (including phenoxy) is 1. The highest BCUT2D eigenvalue weighted by Crippen LogP contribution is 2.60. The van der Waals surface area contributed by atoms with E-state index >= 15 is 0 Å². The lowest BCUT2D eigenvalue weighted by Gasteiger charge is -2.57. The largest absolute Gasteiger partial charge is 0.507 e. The fraction of sp³-hybridized carbons (Fsp3) is 0.440. The van der Waals surface area contributed by atoms with Crippen LogP contribution in [-0.4, -0.2) is 24.3 Å². The molecular weight excluding hydrogens is 376 g/mol. The Bertz CT molecular complexity index is 945. The smallest absolute Gasteiger partial charge is 0.271 e. The molecule has 4 saturated carbocycles. The maximum Gasteiger partial charge on any atom is 0.271 e. The van der Waals surface area contributed by atoms with E-state index < -0.39 is 0 Å². The minimum Gasteiger partial charge on any atom is -0.507 e. The van der Waals surface area contributed by atoms with Gasteiger partial charge in [-0.05, 0) is 104 Å². The number of hydrogen-bond acceptors (Lipinski definition) is 4. The lowest BCUT2D eigenvalue weighted by atomic mass is 9.48. The summed E-state index contributed by atoms with van der Waals surface area (Å²) in [6, 6.07) is 12.8. The third kappa shape index (κ3) is 3.47. The lowest BCUT2D eigenvalue weighted by Crippen LogP contribution is -2.48. The van der Waals surface area contributed by atoms with Crippen LogP contribution in [0.25, 0.3) is 0 Å². The molecule has 2 N–H and O–H groups in total. The number of hydrogen-bond donors (Lipinski definition) is 2. The van der Waals surface area contributed by atoms with Gasteiger partial charge in [0, 0.05) is 11.1 Å². The summed E-state index contributed by atoms with van der Waals surface area (Å²) in [5, 5.41) is 14.4. The standard InChI is InChI=1S/C25H28N2O3/c1-30-22-5-2-19(3-6-22)24(29)27-26-15-20-11-21(4-7-23(20)28)25-12-16-8-17(13-25)10-18(9-16)14-25/h2-7,11,15-18,28H,8-10,12-14H2,1H3,(H,27,29)/b26-15+. The minimum absolute atomic E-state index is 0.186. The second kappa shape index (κ2) is 7.46. The first-order valence-electron chi connectivity index (χ1n) is 10.9. The highest BCUT2D eigenvalue weighted by molar-refractivity contribution is 5.95. The Kier molecular flexibility index (Phi) is 4.76. The van der Waals surface area contributed by atoms with Crippen LogP contribution in [0.2, 0.25) is 0 Å². The molecule has 30 heavy (non-hydrogen) atoms. The van der Waals surface area contributed by atoms with Crippen LogP contribution in [0.15, 0.2) is 47.6 Å². The van der Waals surface area contributed by atoms with Crippen molar-refractivity contribution < 1.29 is 14.6 Å². The lowest BCUT2D eigenvalue weighted by molar-refractivity contribution is -0.00520. The average Bonchev–Trinajstić information content (AvgIpc) is 2.74. The van der Waals surface area contributed by atoms with Crippen LogP contribution in [0.1, 0.15) is 60.0 Å². The summed E-state index contributed by atoms with van der Waals surface area (Å²) >= 11 is 0. The zero-order valence-electron chi connectivity index (χ0n) is 17.3. The number of benzene rings is 2. The van der Waals surface area contributed by atoms with Crippen molar-refractivity contribution >= 4 is 12.1 Å². The molecule has 2 aromatic carbocycles. The average molecular weight is 405 g/mol. The molecule has 0 saturated heterocycles. The van der Waals surface area contributed by atoms with E-state index in [4.69, 9.17) is 4.74 Å². The van der Waals surface area contributed by atoms with Gasteiger partial charge in [-0.2, -0.15) is 5.10 Å². The highest BCUT2D eigenvalue weighted by atomic mass is 16.5. The van der Waals surface area contributed by atoms with Gasteiger partial charge in [-0.15, -0.1) is 0 Å². The number of carbonyl (C=O) groups is 1. The second-order valence-electron chi connectivity index (χ2n) is 9.40. The van der Waals surface area contributed by atoms with E-state index in [9.17, 15) is 9.90 Å². The van der Waals surface area contributed by atoms with Crippen molar-refractivity contribution in [3.05, 3.63) is 59.2 Å². The van der Waals surface area contributed by atoms with Crippen molar-refractivity contribution in [3.63, 3.8) is 0 Å². The number of amides is 1. The Morgan fingerprint density at radius 3 is 2.30 bits per heavy atom. The number of nitrogens with zero attached hydrogens (tertiary/aromatic N) is 1. The summed E-state index contributed by atoms with van der Waals surface area (Å²) in [5.41, 5.74) is 5.28. The molecule has 5 heteroatoms. The van der Waals surface area contributed by atoms with Gasteiger partial charge >= 0.3 is 0 Å². The van der Waals surface area contributed by atoms with Crippen molar-refractivity contribution in [2.75, 3.05) is 7.11 Å². The number of carbonyl (C=O) groups excluding carboxylic acids is 1. The van der Waals surface area contributed by atoms with Crippen LogP contribution in [-0.2, 0) is 5.41 Å². The van der Waals surface area contributed by atoms with Crippen molar-refractivity contribution in [2.24, 2.45) is 22.9 Å². The van der Waals surface area contributed by atoms with Gasteiger partial charge in [-0.25, -0.2) is 5.43 Å². The molecule has 0 heterocycles. The van der Waals surface area contributed by atoms with Crippen LogP contribution >= 0.6 is 0 Å². The van der Waals surface area contributed by atoms with E-state index in [2.05, 4.69) is 22.7 Å². The summed E-state index contributed by atoms with van der Waals surface area (Å²) in [4.78, 5) is 12.3. The van der Waals surface area contributed by atoms with E-state index in [0.717, 1.165) is 17.8 Å². The van der Waals surface area contributed by atoms with Crippen molar-refractivity contribution in [2.45, 2.75) is 43.9 Å². The first-order chi connectivity index (χ1) is 14.5. The van der Waals surface area contributed by atoms with Gasteiger partial charge in [-0.1, -0.05) is 6.07 Å². The van der Waals surface area contributed by atoms with Crippen LogP contribution in [0.5, 0.6) is 11.5 Å². The number of hydrazone groups is 1. The van der Waals surface area contributed by atoms with E-state index in [1.165, 1.54) is 44.1 Å². The molecule has 0 aliphatic heterocycles. The molecule has 2 aromatic rings. The molecule has 0 spiro atoms. The Labute approximate surface area is 177 Å². The van der Waals surface area contributed by atoms with Crippen LogP contribution in [0.4, 0.5) is 0 Å². The summed E-state index contributed by atoms with van der Waals surface area (Å²) in [7, 11) is 1.59. The molecule has 156 valence electrons. The Hall–Kier alpha value is -2.82. The minimum atomic E-state index is -0.300. The zero-order chi connectivity index (χ0) is 20.7. The van der Waals surface area contributed by atoms with Gasteiger partial charge in [-0.3, -0.25) is 4.79 Å². The van der Waals surface area contributed by atoms with E-state index in [-0.39, 0.29) is 17.1 Å². The van der Waals surface area contributed by atoms with Gasteiger partial charge in [0.1, 0.15) is 11.5 Å². The molecule has 0 unspecified atom stereocenters. The van der Waals surface area contributed by atoms with Crippen molar-refractivity contribution in [1.82, 2.24) is 5.43 Å². The number of rotatable bonds is 5. The number of phenols is 1. The van der Waals surface area contributed by atoms with E-state index in [0.29, 0.717) is 16.9 Å². The highest BCUT2D eigenvalue weighted by Gasteiger charge is 2.51. The zero-order valence-corrected chi connectivity index (χ0v) is 17.3. The summed E-state index contributed by atoms with van der Waals surface area (Å²) in [5.74, 6) is 3.18. The predicted molar refractivity (Wildman–Crippen MR) is 116 cm³/mol. The van der Waals surface area contributed by atoms with Gasteiger partial charge in [0.2, 0.25) is 0 Å². The van der Waals surface area contributed by atoms with E-state index in [1.54, 1.807) is 43.7 Å². The van der Waals surface area contributed by atoms with Gasteiger partial charge < -0.3 is 9.84 Å². The van der Waals surface area contributed by atoms with Crippen LogP contribution in [0.3, 0.4) is 0 Å². The molecule has 0 radical (unpaired) electrons. The molecule has 6 rings (SSSR count). The van der Waals surface area contributed by atoms with Crippen LogP contribution < -0.4 is 10.2 Å². The molecule has 0 aromatic heterocycles. The Morgan fingerprint density at radius 1 is 1.07 bits per heavy atom. The van der Waals surface area contributed by atoms with Gasteiger partial charge in [0.05, 0.1) is 13.3 Å². The summed E-state index contributed by atoms with van der Waals surface area (Å²) in [6.45, 7) is 0. The monoisotopic (exact) mass is 404 g/mol. The number of phenolic OH excluding ortho intramolecular Hbond substituents is 1. The topological polar surface area (TPSA) is 70.9 Å². The molecule has 4 bridgehead atoms. The quantitative estimate of drug-likeness (QED) is 0.564. The molecule has 0 atom stereocenters. The Morgan fingerprint density at radius 2 is 1.70 bits per heavy atom. The summed E-state index contributed by atoms with van der Waals surface area (Å²) < 4.78 is 5.11. The SMILES string of the molecule is COc1ccc(C(=O)N/N=C/c2cc(C34CC5CC(CC(C5)C3)C4)ccc2O)cc1. The number of aromatic hydroxyl groups is 1. The second-order valence-corrected chi connectivity index (χ2v) is 9.40.